The number of hydrogen-bond acceptors (Lipinski definition) is 5. The third-order valence-corrected chi connectivity index (χ3v) is 4.20. The van der Waals surface area contributed by atoms with Gasteiger partial charge in [-0.3, -0.25) is 24.2 Å². The van der Waals surface area contributed by atoms with Gasteiger partial charge in [0.05, 0.1) is 24.3 Å². The maximum absolute atomic E-state index is 12.3. The Morgan fingerprint density at radius 2 is 1.68 bits per heavy atom. The van der Waals surface area contributed by atoms with Crippen LogP contribution in [0.1, 0.15) is 27.1 Å². The van der Waals surface area contributed by atoms with Crippen LogP contribution in [0.5, 0.6) is 0 Å². The van der Waals surface area contributed by atoms with Crippen molar-refractivity contribution >= 4 is 17.7 Å². The van der Waals surface area contributed by atoms with Gasteiger partial charge in [-0.2, -0.15) is 0 Å². The number of amides is 3. The molecule has 3 amide bonds. The Kier molecular flexibility index (Phi) is 6.66. The standard InChI is InChI=1S/C18H25N3O4/c1-19(2)16(22)13-20(11-12-25-3)9-6-10-21-17(23)14-7-4-5-8-15(14)18(21)24/h4-5,7-8H,6,9-13H2,1-3H3. The van der Waals surface area contributed by atoms with E-state index in [9.17, 15) is 14.4 Å². The van der Waals surface area contributed by atoms with Crippen LogP contribution in [0.2, 0.25) is 0 Å². The lowest BCUT2D eigenvalue weighted by Gasteiger charge is -2.24. The van der Waals surface area contributed by atoms with E-state index >= 15 is 0 Å². The molecule has 0 atom stereocenters. The fraction of sp³-hybridized carbons (Fsp3) is 0.500. The maximum atomic E-state index is 12.3. The molecule has 0 aliphatic carbocycles. The van der Waals surface area contributed by atoms with Gasteiger partial charge in [0.1, 0.15) is 0 Å². The first-order valence-corrected chi connectivity index (χ1v) is 8.32. The van der Waals surface area contributed by atoms with E-state index in [0.29, 0.717) is 50.3 Å². The van der Waals surface area contributed by atoms with Crippen molar-refractivity contribution in [3.8, 4) is 0 Å². The summed E-state index contributed by atoms with van der Waals surface area (Å²) in [6.07, 6.45) is 0.607. The third-order valence-electron chi connectivity index (χ3n) is 4.20. The third kappa shape index (κ3) is 4.64. The zero-order chi connectivity index (χ0) is 18.4. The van der Waals surface area contributed by atoms with E-state index in [0.717, 1.165) is 0 Å². The average molecular weight is 347 g/mol. The zero-order valence-electron chi connectivity index (χ0n) is 15.0. The van der Waals surface area contributed by atoms with E-state index in [4.69, 9.17) is 4.74 Å². The Labute approximate surface area is 148 Å². The molecule has 7 heteroatoms. The van der Waals surface area contributed by atoms with Crippen LogP contribution in [0.15, 0.2) is 24.3 Å². The summed E-state index contributed by atoms with van der Waals surface area (Å²) in [5.74, 6) is -0.473. The molecule has 1 aromatic rings. The van der Waals surface area contributed by atoms with E-state index in [1.807, 2.05) is 4.90 Å². The largest absolute Gasteiger partial charge is 0.383 e. The molecule has 1 heterocycles. The molecule has 136 valence electrons. The van der Waals surface area contributed by atoms with Crippen LogP contribution in [0.4, 0.5) is 0 Å². The van der Waals surface area contributed by atoms with Gasteiger partial charge in [-0.1, -0.05) is 12.1 Å². The number of carbonyl (C=O) groups is 3. The molecule has 2 rings (SSSR count). The number of likely N-dealkylation sites (N-methyl/N-ethyl adjacent to an activating group) is 1. The van der Waals surface area contributed by atoms with Crippen LogP contribution >= 0.6 is 0 Å². The van der Waals surface area contributed by atoms with Gasteiger partial charge in [0.2, 0.25) is 5.91 Å². The van der Waals surface area contributed by atoms with Crippen LogP contribution in [-0.4, -0.2) is 86.4 Å². The van der Waals surface area contributed by atoms with E-state index < -0.39 is 0 Å². The number of ether oxygens (including phenoxy) is 1. The lowest BCUT2D eigenvalue weighted by Crippen LogP contribution is -2.40. The number of carbonyl (C=O) groups excluding carboxylic acids is 3. The highest BCUT2D eigenvalue weighted by molar-refractivity contribution is 6.21. The van der Waals surface area contributed by atoms with E-state index in [1.54, 1.807) is 50.4 Å². The summed E-state index contributed by atoms with van der Waals surface area (Å²) in [6, 6.07) is 6.87. The second-order valence-electron chi connectivity index (χ2n) is 6.22. The molecule has 1 aliphatic heterocycles. The zero-order valence-corrected chi connectivity index (χ0v) is 15.0. The van der Waals surface area contributed by atoms with Crippen molar-refractivity contribution in [2.45, 2.75) is 6.42 Å². The molecular weight excluding hydrogens is 322 g/mol. The Morgan fingerprint density at radius 3 is 2.20 bits per heavy atom. The van der Waals surface area contributed by atoms with Crippen LogP contribution < -0.4 is 0 Å². The SMILES string of the molecule is COCCN(CCCN1C(=O)c2ccccc2C1=O)CC(=O)N(C)C. The minimum atomic E-state index is -0.242. The Bertz CT molecular complexity index is 610. The average Bonchev–Trinajstić information content (AvgIpc) is 2.84. The molecule has 0 N–H and O–H groups in total. The molecule has 0 saturated heterocycles. The molecule has 25 heavy (non-hydrogen) atoms. The molecule has 0 unspecified atom stereocenters. The van der Waals surface area contributed by atoms with Crippen LogP contribution in [-0.2, 0) is 9.53 Å². The minimum Gasteiger partial charge on any atom is -0.383 e. The predicted molar refractivity (Wildman–Crippen MR) is 93.4 cm³/mol. The van der Waals surface area contributed by atoms with E-state index in [-0.39, 0.29) is 17.7 Å². The van der Waals surface area contributed by atoms with Gasteiger partial charge in [0.15, 0.2) is 0 Å². The van der Waals surface area contributed by atoms with Gasteiger partial charge in [0, 0.05) is 40.8 Å². The van der Waals surface area contributed by atoms with Crippen molar-refractivity contribution in [1.29, 1.82) is 0 Å². The highest BCUT2D eigenvalue weighted by Crippen LogP contribution is 2.22. The molecule has 0 fully saturated rings. The first-order valence-electron chi connectivity index (χ1n) is 8.32. The number of fused-ring (bicyclic) bond motifs is 1. The van der Waals surface area contributed by atoms with Gasteiger partial charge < -0.3 is 9.64 Å². The second-order valence-corrected chi connectivity index (χ2v) is 6.22. The molecule has 0 bridgehead atoms. The molecule has 0 spiro atoms. The predicted octanol–water partition coefficient (Wildman–Crippen LogP) is 0.709. The van der Waals surface area contributed by atoms with Gasteiger partial charge in [-0.15, -0.1) is 0 Å². The maximum Gasteiger partial charge on any atom is 0.261 e. The molecule has 0 aromatic heterocycles. The molecular formula is C18H25N3O4. The van der Waals surface area contributed by atoms with Crippen LogP contribution in [0, 0.1) is 0 Å². The van der Waals surface area contributed by atoms with Crippen molar-refractivity contribution in [2.24, 2.45) is 0 Å². The molecule has 0 radical (unpaired) electrons. The smallest absolute Gasteiger partial charge is 0.261 e. The van der Waals surface area contributed by atoms with Crippen molar-refractivity contribution in [1.82, 2.24) is 14.7 Å². The summed E-state index contributed by atoms with van der Waals surface area (Å²) in [5.41, 5.74) is 0.929. The van der Waals surface area contributed by atoms with Crippen molar-refractivity contribution in [3.05, 3.63) is 35.4 Å². The summed E-state index contributed by atoms with van der Waals surface area (Å²) in [5, 5.41) is 0. The summed E-state index contributed by atoms with van der Waals surface area (Å²) in [4.78, 5) is 41.4. The van der Waals surface area contributed by atoms with E-state index in [2.05, 4.69) is 0 Å². The summed E-state index contributed by atoms with van der Waals surface area (Å²) < 4.78 is 5.09. The highest BCUT2D eigenvalue weighted by Gasteiger charge is 2.34. The number of imide groups is 1. The number of nitrogens with zero attached hydrogens (tertiary/aromatic N) is 3. The molecule has 1 aliphatic rings. The van der Waals surface area contributed by atoms with Crippen LogP contribution in [0.25, 0.3) is 0 Å². The lowest BCUT2D eigenvalue weighted by molar-refractivity contribution is -0.130. The van der Waals surface area contributed by atoms with Crippen molar-refractivity contribution in [2.75, 3.05) is 54.0 Å². The van der Waals surface area contributed by atoms with Crippen molar-refractivity contribution in [3.63, 3.8) is 0 Å². The van der Waals surface area contributed by atoms with Crippen LogP contribution in [0.3, 0.4) is 0 Å². The van der Waals surface area contributed by atoms with E-state index in [1.165, 1.54) is 4.90 Å². The second kappa shape index (κ2) is 8.73. The lowest BCUT2D eigenvalue weighted by atomic mass is 10.1. The highest BCUT2D eigenvalue weighted by atomic mass is 16.5. The molecule has 1 aromatic carbocycles. The normalized spacial score (nSPS) is 13.5. The minimum absolute atomic E-state index is 0.0110. The summed E-state index contributed by atoms with van der Waals surface area (Å²) in [6.45, 7) is 2.38. The quantitative estimate of drug-likeness (QED) is 0.615. The Balaban J connectivity index is 1.90. The summed E-state index contributed by atoms with van der Waals surface area (Å²) in [7, 11) is 5.05. The first kappa shape index (κ1) is 19.1. The Hall–Kier alpha value is -2.25. The van der Waals surface area contributed by atoms with Gasteiger partial charge in [0.25, 0.3) is 11.8 Å². The monoisotopic (exact) mass is 347 g/mol. The first-order chi connectivity index (χ1) is 12.0. The van der Waals surface area contributed by atoms with Gasteiger partial charge in [-0.05, 0) is 18.6 Å². The molecule has 7 nitrogen and oxygen atoms in total. The number of methoxy groups -OCH3 is 1. The number of hydrogen-bond donors (Lipinski definition) is 0. The fourth-order valence-electron chi connectivity index (χ4n) is 2.72. The van der Waals surface area contributed by atoms with Crippen molar-refractivity contribution < 1.29 is 19.1 Å². The number of benzene rings is 1. The summed E-state index contributed by atoms with van der Waals surface area (Å²) >= 11 is 0. The Morgan fingerprint density at radius 1 is 1.08 bits per heavy atom. The van der Waals surface area contributed by atoms with Gasteiger partial charge >= 0.3 is 0 Å². The molecule has 0 saturated carbocycles. The fourth-order valence-corrected chi connectivity index (χ4v) is 2.72. The van der Waals surface area contributed by atoms with Gasteiger partial charge in [-0.25, -0.2) is 0 Å². The number of rotatable bonds is 9. The topological polar surface area (TPSA) is 70.2 Å².